The van der Waals surface area contributed by atoms with E-state index in [9.17, 15) is 9.59 Å². The molecule has 0 saturated carbocycles. The molecule has 0 spiro atoms. The van der Waals surface area contributed by atoms with Crippen molar-refractivity contribution in [2.75, 3.05) is 12.3 Å². The van der Waals surface area contributed by atoms with Crippen LogP contribution in [0.5, 0.6) is 0 Å². The Kier molecular flexibility index (Phi) is 4.60. The summed E-state index contributed by atoms with van der Waals surface area (Å²) in [6.45, 7) is 0.351. The monoisotopic (exact) mass is 384 g/mol. The highest BCUT2D eigenvalue weighted by Gasteiger charge is 2.34. The first-order valence-electron chi connectivity index (χ1n) is 8.14. The second-order valence-corrected chi connectivity index (χ2v) is 7.96. The van der Waals surface area contributed by atoms with Crippen molar-refractivity contribution in [1.82, 2.24) is 19.7 Å². The Morgan fingerprint density at radius 3 is 2.42 bits per heavy atom. The molecule has 2 aromatic heterocycles. The summed E-state index contributed by atoms with van der Waals surface area (Å²) in [7, 11) is 1.94. The summed E-state index contributed by atoms with van der Waals surface area (Å²) < 4.78 is 1.97. The summed E-state index contributed by atoms with van der Waals surface area (Å²) in [5.74, 6) is 1.04. The number of rotatable bonds is 6. The average Bonchev–Trinajstić information content (AvgIpc) is 3.34. The summed E-state index contributed by atoms with van der Waals surface area (Å²) in [5, 5.41) is 11.3. The van der Waals surface area contributed by atoms with E-state index in [4.69, 9.17) is 0 Å². The van der Waals surface area contributed by atoms with Crippen LogP contribution in [0.15, 0.2) is 46.9 Å². The minimum Gasteiger partial charge on any atom is -0.309 e. The van der Waals surface area contributed by atoms with Crippen LogP contribution in [0.4, 0.5) is 0 Å². The lowest BCUT2D eigenvalue weighted by molar-refractivity contribution is 0.0664. The van der Waals surface area contributed by atoms with E-state index in [2.05, 4.69) is 16.3 Å². The minimum atomic E-state index is -0.220. The highest BCUT2D eigenvalue weighted by atomic mass is 32.2. The van der Waals surface area contributed by atoms with Crippen LogP contribution in [0.1, 0.15) is 31.4 Å². The van der Waals surface area contributed by atoms with Crippen molar-refractivity contribution in [3.8, 4) is 0 Å². The first-order valence-corrected chi connectivity index (χ1v) is 10.0. The molecule has 0 aliphatic carbocycles. The fraction of sp³-hybridized carbons (Fsp3) is 0.222. The van der Waals surface area contributed by atoms with Gasteiger partial charge in [0.2, 0.25) is 0 Å². The van der Waals surface area contributed by atoms with Gasteiger partial charge in [-0.1, -0.05) is 30.0 Å². The normalized spacial score (nSPS) is 13.5. The zero-order valence-electron chi connectivity index (χ0n) is 14.1. The Hall–Kier alpha value is -2.45. The van der Waals surface area contributed by atoms with Crippen molar-refractivity contribution in [1.29, 1.82) is 0 Å². The number of carbonyl (C=O) groups excluding carboxylic acids is 2. The summed E-state index contributed by atoms with van der Waals surface area (Å²) in [6.07, 6.45) is 0.750. The molecule has 0 unspecified atom stereocenters. The Labute approximate surface area is 158 Å². The molecule has 132 valence electrons. The van der Waals surface area contributed by atoms with E-state index < -0.39 is 0 Å². The molecule has 3 aromatic rings. The van der Waals surface area contributed by atoms with Crippen LogP contribution in [0.25, 0.3) is 0 Å². The van der Waals surface area contributed by atoms with Crippen molar-refractivity contribution >= 4 is 34.9 Å². The van der Waals surface area contributed by atoms with Crippen molar-refractivity contribution < 1.29 is 9.59 Å². The molecule has 4 rings (SSSR count). The molecule has 6 nitrogen and oxygen atoms in total. The summed E-state index contributed by atoms with van der Waals surface area (Å²) >= 11 is 3.19. The van der Waals surface area contributed by atoms with Gasteiger partial charge in [0.15, 0.2) is 5.16 Å². The number of imide groups is 1. The molecular formula is C18H16N4O2S2. The molecule has 2 amide bonds. The Morgan fingerprint density at radius 1 is 1.04 bits per heavy atom. The Morgan fingerprint density at radius 2 is 1.77 bits per heavy atom. The average molecular weight is 384 g/mol. The van der Waals surface area contributed by atoms with E-state index in [1.165, 1.54) is 21.5 Å². The lowest BCUT2D eigenvalue weighted by Crippen LogP contribution is -2.31. The van der Waals surface area contributed by atoms with E-state index >= 15 is 0 Å². The molecule has 0 saturated heterocycles. The molecule has 0 N–H and O–H groups in total. The highest BCUT2D eigenvalue weighted by Crippen LogP contribution is 2.24. The van der Waals surface area contributed by atoms with Gasteiger partial charge < -0.3 is 4.57 Å². The summed E-state index contributed by atoms with van der Waals surface area (Å²) in [4.78, 5) is 27.3. The fourth-order valence-corrected chi connectivity index (χ4v) is 4.42. The molecule has 1 aromatic carbocycles. The van der Waals surface area contributed by atoms with Gasteiger partial charge in [0.05, 0.1) is 11.1 Å². The Bertz CT molecular complexity index is 930. The first kappa shape index (κ1) is 17.0. The maximum absolute atomic E-state index is 12.4. The summed E-state index contributed by atoms with van der Waals surface area (Å²) in [5.41, 5.74) is 0.971. The SMILES string of the molecule is Cn1c(Cc2cccs2)nnc1SCCN1C(=O)c2ccccc2C1=O. The first-order chi connectivity index (χ1) is 12.6. The molecular weight excluding hydrogens is 368 g/mol. The summed E-state index contributed by atoms with van der Waals surface area (Å²) in [6, 6.07) is 11.0. The molecule has 1 aliphatic heterocycles. The number of aromatic nitrogens is 3. The number of benzene rings is 1. The Balaban J connectivity index is 1.38. The number of hydrogen-bond donors (Lipinski definition) is 0. The van der Waals surface area contributed by atoms with Crippen LogP contribution < -0.4 is 0 Å². The quantitative estimate of drug-likeness (QED) is 0.483. The second kappa shape index (κ2) is 7.05. The van der Waals surface area contributed by atoms with E-state index in [1.807, 2.05) is 23.1 Å². The molecule has 1 aliphatic rings. The van der Waals surface area contributed by atoms with Crippen LogP contribution in [-0.4, -0.2) is 43.8 Å². The number of carbonyl (C=O) groups is 2. The zero-order chi connectivity index (χ0) is 18.1. The smallest absolute Gasteiger partial charge is 0.261 e. The van der Waals surface area contributed by atoms with Gasteiger partial charge in [-0.25, -0.2) is 0 Å². The maximum atomic E-state index is 12.4. The third kappa shape index (κ3) is 3.06. The molecule has 0 fully saturated rings. The lowest BCUT2D eigenvalue weighted by atomic mass is 10.1. The van der Waals surface area contributed by atoms with Gasteiger partial charge in [-0.3, -0.25) is 14.5 Å². The van der Waals surface area contributed by atoms with Gasteiger partial charge >= 0.3 is 0 Å². The van der Waals surface area contributed by atoms with Crippen LogP contribution in [0.3, 0.4) is 0 Å². The standard InChI is InChI=1S/C18H16N4O2S2/c1-21-15(11-12-5-4-9-25-12)19-20-18(21)26-10-8-22-16(23)13-6-2-3-7-14(13)17(22)24/h2-7,9H,8,10-11H2,1H3. The topological polar surface area (TPSA) is 68.1 Å². The minimum absolute atomic E-state index is 0.220. The zero-order valence-corrected chi connectivity index (χ0v) is 15.7. The molecule has 3 heterocycles. The van der Waals surface area contributed by atoms with Gasteiger partial charge in [-0.05, 0) is 23.6 Å². The number of thiophene rings is 1. The largest absolute Gasteiger partial charge is 0.309 e. The molecule has 0 atom stereocenters. The number of nitrogens with zero attached hydrogens (tertiary/aromatic N) is 4. The highest BCUT2D eigenvalue weighted by molar-refractivity contribution is 7.99. The third-order valence-electron chi connectivity index (χ3n) is 4.26. The predicted octanol–water partition coefficient (Wildman–Crippen LogP) is 2.86. The van der Waals surface area contributed by atoms with Crippen molar-refractivity contribution in [3.63, 3.8) is 0 Å². The predicted molar refractivity (Wildman–Crippen MR) is 101 cm³/mol. The molecule has 26 heavy (non-hydrogen) atoms. The van der Waals surface area contributed by atoms with Crippen molar-refractivity contribution in [2.45, 2.75) is 11.6 Å². The van der Waals surface area contributed by atoms with Crippen molar-refractivity contribution in [2.24, 2.45) is 7.05 Å². The maximum Gasteiger partial charge on any atom is 0.261 e. The van der Waals surface area contributed by atoms with Gasteiger partial charge in [-0.2, -0.15) is 0 Å². The van der Waals surface area contributed by atoms with E-state index in [1.54, 1.807) is 35.6 Å². The van der Waals surface area contributed by atoms with Crippen LogP contribution >= 0.6 is 23.1 Å². The lowest BCUT2D eigenvalue weighted by Gasteiger charge is -2.13. The third-order valence-corrected chi connectivity index (χ3v) is 6.14. The van der Waals surface area contributed by atoms with Crippen LogP contribution in [0.2, 0.25) is 0 Å². The van der Waals surface area contributed by atoms with Gasteiger partial charge in [0, 0.05) is 30.6 Å². The van der Waals surface area contributed by atoms with Gasteiger partial charge in [0.25, 0.3) is 11.8 Å². The number of amides is 2. The van der Waals surface area contributed by atoms with E-state index in [0.717, 1.165) is 17.4 Å². The van der Waals surface area contributed by atoms with E-state index in [0.29, 0.717) is 23.4 Å². The van der Waals surface area contributed by atoms with Crippen molar-refractivity contribution in [3.05, 3.63) is 63.6 Å². The van der Waals surface area contributed by atoms with E-state index in [-0.39, 0.29) is 11.8 Å². The molecule has 8 heteroatoms. The van der Waals surface area contributed by atoms with Crippen LogP contribution in [-0.2, 0) is 13.5 Å². The fourth-order valence-electron chi connectivity index (χ4n) is 2.86. The number of fused-ring (bicyclic) bond motifs is 1. The van der Waals surface area contributed by atoms with Gasteiger partial charge in [0.1, 0.15) is 5.82 Å². The molecule has 0 radical (unpaired) electrons. The van der Waals surface area contributed by atoms with Crippen LogP contribution in [0, 0.1) is 0 Å². The molecule has 0 bridgehead atoms. The number of hydrogen-bond acceptors (Lipinski definition) is 6. The second-order valence-electron chi connectivity index (χ2n) is 5.87. The number of thioether (sulfide) groups is 1. The van der Waals surface area contributed by atoms with Gasteiger partial charge in [-0.15, -0.1) is 21.5 Å².